The molecule has 1 saturated heterocycles. The molecular weight excluding hydrogens is 334 g/mol. The van der Waals surface area contributed by atoms with Crippen LogP contribution in [0, 0.1) is 18.8 Å². The summed E-state index contributed by atoms with van der Waals surface area (Å²) in [6.07, 6.45) is 2.31. The van der Waals surface area contributed by atoms with Crippen molar-refractivity contribution in [3.63, 3.8) is 0 Å². The van der Waals surface area contributed by atoms with Gasteiger partial charge in [0, 0.05) is 30.4 Å². The van der Waals surface area contributed by atoms with E-state index in [0.29, 0.717) is 31.8 Å². The minimum Gasteiger partial charge on any atom is -0.341 e. The average molecular weight is 360 g/mol. The van der Waals surface area contributed by atoms with Crippen LogP contribution in [-0.2, 0) is 21.2 Å². The highest BCUT2D eigenvalue weighted by Gasteiger charge is 2.37. The summed E-state index contributed by atoms with van der Waals surface area (Å²) in [5, 5.41) is 0. The number of nitrogens with zero attached hydrogens (tertiary/aromatic N) is 2. The summed E-state index contributed by atoms with van der Waals surface area (Å²) >= 11 is 1.57. The summed E-state index contributed by atoms with van der Waals surface area (Å²) in [6.45, 7) is 7.15. The lowest BCUT2D eigenvalue weighted by Crippen LogP contribution is -2.41. The normalized spacial score (nSPS) is 22.0. The van der Waals surface area contributed by atoms with Crippen molar-refractivity contribution >= 4 is 27.3 Å². The average Bonchev–Trinajstić information content (AvgIpc) is 3.01. The molecule has 0 saturated carbocycles. The molecule has 1 aromatic rings. The van der Waals surface area contributed by atoms with Crippen LogP contribution in [0.1, 0.15) is 30.8 Å². The minimum atomic E-state index is -3.27. The molecule has 2 rings (SSSR count). The zero-order valence-electron chi connectivity index (χ0n) is 14.1. The molecule has 8 heteroatoms. The highest BCUT2D eigenvalue weighted by molar-refractivity contribution is 7.88. The summed E-state index contributed by atoms with van der Waals surface area (Å²) < 4.78 is 25.7. The SMILES string of the molecule is Cc1ncsc1CCC(=O)N1C[C@H](NS(C)(=O)=O)[C@@H](C(C)C)C1. The van der Waals surface area contributed by atoms with Gasteiger partial charge in [-0.1, -0.05) is 13.8 Å². The third-order valence-electron chi connectivity index (χ3n) is 4.35. The van der Waals surface area contributed by atoms with Gasteiger partial charge in [-0.2, -0.15) is 0 Å². The maximum atomic E-state index is 12.5. The fraction of sp³-hybridized carbons (Fsp3) is 0.733. The van der Waals surface area contributed by atoms with Crippen LogP contribution < -0.4 is 4.72 Å². The number of aryl methyl sites for hydroxylation is 2. The van der Waals surface area contributed by atoms with Crippen LogP contribution in [0.2, 0.25) is 0 Å². The Kier molecular flexibility index (Phi) is 5.80. The smallest absolute Gasteiger partial charge is 0.222 e. The molecule has 0 unspecified atom stereocenters. The number of aromatic nitrogens is 1. The highest BCUT2D eigenvalue weighted by atomic mass is 32.2. The first-order valence-electron chi connectivity index (χ1n) is 7.81. The van der Waals surface area contributed by atoms with Crippen molar-refractivity contribution in [2.45, 2.75) is 39.7 Å². The Morgan fingerprint density at radius 3 is 2.70 bits per heavy atom. The number of hydrogen-bond donors (Lipinski definition) is 1. The number of sulfonamides is 1. The Morgan fingerprint density at radius 1 is 1.48 bits per heavy atom. The van der Waals surface area contributed by atoms with Gasteiger partial charge in [-0.15, -0.1) is 11.3 Å². The van der Waals surface area contributed by atoms with Gasteiger partial charge in [0.05, 0.1) is 17.5 Å². The van der Waals surface area contributed by atoms with Crippen molar-refractivity contribution in [3.05, 3.63) is 16.1 Å². The lowest BCUT2D eigenvalue weighted by molar-refractivity contribution is -0.130. The molecule has 1 aliphatic rings. The van der Waals surface area contributed by atoms with E-state index in [4.69, 9.17) is 0 Å². The van der Waals surface area contributed by atoms with E-state index >= 15 is 0 Å². The maximum absolute atomic E-state index is 12.5. The Hall–Kier alpha value is -0.990. The van der Waals surface area contributed by atoms with Crippen LogP contribution in [0.5, 0.6) is 0 Å². The number of rotatable bonds is 6. The van der Waals surface area contributed by atoms with E-state index in [1.807, 2.05) is 6.92 Å². The van der Waals surface area contributed by atoms with Gasteiger partial charge in [0.25, 0.3) is 0 Å². The first-order chi connectivity index (χ1) is 10.7. The number of nitrogens with one attached hydrogen (secondary N) is 1. The standard InChI is InChI=1S/C15H25N3O3S2/c1-10(2)12-7-18(8-13(12)17-23(4,20)21)15(19)6-5-14-11(3)16-9-22-14/h9-10,12-13,17H,5-8H2,1-4H3/t12-,13+/m1/s1. The topological polar surface area (TPSA) is 79.4 Å². The van der Waals surface area contributed by atoms with Crippen LogP contribution >= 0.6 is 11.3 Å². The van der Waals surface area contributed by atoms with Crippen molar-refractivity contribution in [2.24, 2.45) is 11.8 Å². The maximum Gasteiger partial charge on any atom is 0.222 e. The monoisotopic (exact) mass is 359 g/mol. The van der Waals surface area contributed by atoms with Crippen LogP contribution in [0.25, 0.3) is 0 Å². The van der Waals surface area contributed by atoms with Crippen molar-refractivity contribution in [2.75, 3.05) is 19.3 Å². The molecule has 6 nitrogen and oxygen atoms in total. The van der Waals surface area contributed by atoms with E-state index in [1.54, 1.807) is 21.7 Å². The van der Waals surface area contributed by atoms with Gasteiger partial charge in [0.2, 0.25) is 15.9 Å². The number of hydrogen-bond acceptors (Lipinski definition) is 5. The van der Waals surface area contributed by atoms with Crippen LogP contribution in [0.3, 0.4) is 0 Å². The van der Waals surface area contributed by atoms with Crippen molar-refractivity contribution < 1.29 is 13.2 Å². The van der Waals surface area contributed by atoms with E-state index in [1.165, 1.54) is 6.26 Å². The molecule has 1 fully saturated rings. The molecule has 0 bridgehead atoms. The second-order valence-corrected chi connectivity index (χ2v) is 9.28. The van der Waals surface area contributed by atoms with Gasteiger partial charge >= 0.3 is 0 Å². The van der Waals surface area contributed by atoms with E-state index < -0.39 is 10.0 Å². The van der Waals surface area contributed by atoms with Crippen molar-refractivity contribution in [3.8, 4) is 0 Å². The number of carbonyl (C=O) groups is 1. The fourth-order valence-electron chi connectivity index (χ4n) is 3.05. The summed E-state index contributed by atoms with van der Waals surface area (Å²) in [4.78, 5) is 19.6. The third kappa shape index (κ3) is 4.99. The lowest BCUT2D eigenvalue weighted by Gasteiger charge is -2.21. The summed E-state index contributed by atoms with van der Waals surface area (Å²) in [6, 6.07) is -0.195. The Balaban J connectivity index is 1.97. The Bertz CT molecular complexity index is 655. The highest BCUT2D eigenvalue weighted by Crippen LogP contribution is 2.26. The predicted molar refractivity (Wildman–Crippen MR) is 91.8 cm³/mol. The van der Waals surface area contributed by atoms with Crippen molar-refractivity contribution in [1.82, 2.24) is 14.6 Å². The quantitative estimate of drug-likeness (QED) is 0.833. The molecule has 2 heterocycles. The molecule has 1 aliphatic heterocycles. The summed E-state index contributed by atoms with van der Waals surface area (Å²) in [5.41, 5.74) is 2.78. The van der Waals surface area contributed by atoms with Gasteiger partial charge in [-0.05, 0) is 25.2 Å². The molecule has 1 amide bonds. The van der Waals surface area contributed by atoms with Gasteiger partial charge in [0.1, 0.15) is 0 Å². The second kappa shape index (κ2) is 7.27. The van der Waals surface area contributed by atoms with Gasteiger partial charge in [0.15, 0.2) is 0 Å². The molecular formula is C15H25N3O3S2. The van der Waals surface area contributed by atoms with Crippen LogP contribution in [0.4, 0.5) is 0 Å². The van der Waals surface area contributed by atoms with E-state index in [9.17, 15) is 13.2 Å². The number of amides is 1. The van der Waals surface area contributed by atoms with Crippen molar-refractivity contribution in [1.29, 1.82) is 0 Å². The Morgan fingerprint density at radius 2 is 2.17 bits per heavy atom. The van der Waals surface area contributed by atoms with Gasteiger partial charge in [-0.3, -0.25) is 4.79 Å². The lowest BCUT2D eigenvalue weighted by atomic mass is 9.92. The molecule has 0 aliphatic carbocycles. The molecule has 23 heavy (non-hydrogen) atoms. The Labute approximate surface area is 142 Å². The second-order valence-electron chi connectivity index (χ2n) is 6.56. The van der Waals surface area contributed by atoms with E-state index in [-0.39, 0.29) is 17.9 Å². The predicted octanol–water partition coefficient (Wildman–Crippen LogP) is 1.42. The number of thiazole rings is 1. The largest absolute Gasteiger partial charge is 0.341 e. The molecule has 0 radical (unpaired) electrons. The van der Waals surface area contributed by atoms with E-state index in [0.717, 1.165) is 10.6 Å². The molecule has 0 aromatic carbocycles. The first kappa shape index (κ1) is 18.4. The molecule has 0 spiro atoms. The van der Waals surface area contributed by atoms with E-state index in [2.05, 4.69) is 23.6 Å². The molecule has 1 aromatic heterocycles. The van der Waals surface area contributed by atoms with Gasteiger partial charge in [-0.25, -0.2) is 18.1 Å². The fourth-order valence-corrected chi connectivity index (χ4v) is 4.63. The number of carbonyl (C=O) groups excluding carboxylic acids is 1. The van der Waals surface area contributed by atoms with Gasteiger partial charge < -0.3 is 4.90 Å². The number of likely N-dealkylation sites (tertiary alicyclic amines) is 1. The third-order valence-corrected chi connectivity index (χ3v) is 6.08. The molecule has 2 atom stereocenters. The minimum absolute atomic E-state index is 0.0845. The zero-order valence-corrected chi connectivity index (χ0v) is 15.7. The van der Waals surface area contributed by atoms with Crippen LogP contribution in [0.15, 0.2) is 5.51 Å². The zero-order chi connectivity index (χ0) is 17.2. The van der Waals surface area contributed by atoms with Crippen LogP contribution in [-0.4, -0.2) is 49.6 Å². The first-order valence-corrected chi connectivity index (χ1v) is 10.6. The molecule has 1 N–H and O–H groups in total. The molecule has 130 valence electrons. The summed E-state index contributed by atoms with van der Waals surface area (Å²) in [5.74, 6) is 0.552. The summed E-state index contributed by atoms with van der Waals surface area (Å²) in [7, 11) is -3.27.